The van der Waals surface area contributed by atoms with Crippen molar-refractivity contribution in [3.8, 4) is 11.5 Å². The number of carboxylic acid groups (broad SMARTS) is 1. The lowest BCUT2D eigenvalue weighted by Gasteiger charge is -2.37. The third-order valence-corrected chi connectivity index (χ3v) is 23.1. The van der Waals surface area contributed by atoms with E-state index in [0.29, 0.717) is 57.1 Å². The summed E-state index contributed by atoms with van der Waals surface area (Å²) in [5, 5.41) is 58.1. The molecule has 1 fully saturated rings. The largest absolute Gasteiger partial charge is 0.508 e. The van der Waals surface area contributed by atoms with E-state index in [-0.39, 0.29) is 73.8 Å². The van der Waals surface area contributed by atoms with Crippen molar-refractivity contribution in [1.29, 1.82) is 0 Å². The van der Waals surface area contributed by atoms with Gasteiger partial charge in [-0.05, 0) is 94.5 Å². The number of aromatic nitrogens is 1. The number of amides is 15. The van der Waals surface area contributed by atoms with Gasteiger partial charge in [-0.2, -0.15) is 0 Å². The molecule has 6 aromatic carbocycles. The number of thioether (sulfide) groups is 1. The fourth-order valence-corrected chi connectivity index (χ4v) is 15.8. The number of aromatic amines is 1. The Balaban J connectivity index is 1.21. The number of H-pyrrole nitrogens is 1. The number of fused-ring (bicyclic) bond motifs is 1. The minimum absolute atomic E-state index is 0.0226. The molecule has 1 aromatic heterocycles. The maximum Gasteiger partial charge on any atom is 0.305 e. The van der Waals surface area contributed by atoms with Gasteiger partial charge in [-0.15, -0.1) is 11.8 Å². The van der Waals surface area contributed by atoms with Gasteiger partial charge in [0, 0.05) is 94.6 Å². The lowest BCUT2D eigenvalue weighted by molar-refractivity contribution is -0.151. The van der Waals surface area contributed by atoms with Crippen LogP contribution in [0, 0.1) is 11.8 Å². The smallest absolute Gasteiger partial charge is 0.305 e. The average Bonchev–Trinajstić information content (AvgIpc) is 1.71. The summed E-state index contributed by atoms with van der Waals surface area (Å²) in [4.78, 5) is 241. The van der Waals surface area contributed by atoms with Crippen LogP contribution in [0.5, 0.6) is 11.5 Å². The summed E-state index contributed by atoms with van der Waals surface area (Å²) >= 11 is 7.54. The minimum Gasteiger partial charge on any atom is -0.508 e. The number of benzene rings is 6. The van der Waals surface area contributed by atoms with Crippen molar-refractivity contribution >= 4 is 129 Å². The first kappa shape index (κ1) is 101. The topological polar surface area (TPSA) is 509 Å². The van der Waals surface area contributed by atoms with Crippen LogP contribution in [0.3, 0.4) is 0 Å². The van der Waals surface area contributed by atoms with E-state index in [1.807, 2.05) is 6.92 Å². The van der Waals surface area contributed by atoms with Gasteiger partial charge in [-0.3, -0.25) is 76.7 Å². The Morgan fingerprint density at radius 2 is 0.938 bits per heavy atom. The Kier molecular flexibility index (Phi) is 38.4. The number of phenols is 2. The molecular weight excluding hydrogens is 1700 g/mol. The number of unbranched alkanes of at least 4 members (excludes halogenated alkanes) is 1. The molecule has 1 saturated heterocycles. The number of hydrogen-bond donors (Lipinski definition) is 15. The third kappa shape index (κ3) is 31.0. The van der Waals surface area contributed by atoms with E-state index in [1.54, 1.807) is 123 Å². The molecule has 8 rings (SSSR count). The second-order valence-corrected chi connectivity index (χ2v) is 34.2. The number of nitrogens with zero attached hydrogens (tertiary/aromatic N) is 4. The van der Waals surface area contributed by atoms with E-state index in [0.717, 1.165) is 31.4 Å². The molecule has 2 heterocycles. The van der Waals surface area contributed by atoms with E-state index in [4.69, 9.17) is 17.3 Å². The van der Waals surface area contributed by atoms with Crippen LogP contribution in [0.15, 0.2) is 164 Å². The maximum atomic E-state index is 15.5. The van der Waals surface area contributed by atoms with Crippen LogP contribution in [-0.2, 0) is 115 Å². The predicted octanol–water partition coefficient (Wildman–Crippen LogP) is 2.64. The van der Waals surface area contributed by atoms with Crippen LogP contribution in [0.4, 0.5) is 0 Å². The number of primary amides is 1. The van der Waals surface area contributed by atoms with Crippen molar-refractivity contribution in [3.63, 3.8) is 0 Å². The number of rotatable bonds is 23. The molecule has 16 N–H and O–H groups in total. The summed E-state index contributed by atoms with van der Waals surface area (Å²) in [5.74, 6) is -17.9. The van der Waals surface area contributed by atoms with Crippen LogP contribution < -0.4 is 58.9 Å². The number of aliphatic carboxylic acids is 1. The van der Waals surface area contributed by atoms with Crippen molar-refractivity contribution in [1.82, 2.24) is 77.8 Å². The number of halogens is 1. The molecule has 0 radical (unpaired) electrons. The number of carboxylic acids is 1. The Morgan fingerprint density at radius 1 is 0.481 bits per heavy atom. The van der Waals surface area contributed by atoms with E-state index in [9.17, 15) is 63.3 Å². The van der Waals surface area contributed by atoms with Crippen LogP contribution >= 0.6 is 23.4 Å². The number of para-hydroxylation sites is 1. The SMILES string of the molecule is CCCC[C@H]1C(=O)N(C)CC(=O)N[C@@H](CC(=O)O)C(=O)N[C@@H](C(C)C)C(=O)N[C@@H](Cc2ccccc2Cl)C(=O)N[C@@H](Cc2ccc(O)cc2)C(=O)N(C)CC(=O)N[C@@H](Cc2c[nH]c3ccccc23)C(=O)N[C@@H](Cc2ccc(O)cc2)C(=O)N[C@@H](CC(C)C)C(=O)N[C@H](C(=O)NCC(N)=O)CSCC(=O)N[C@@H](Cc2ccccc2)C(=O)N(C)[C@@H](Cc2ccccc2)C(=O)N1C. The first-order valence-corrected chi connectivity index (χ1v) is 43.9. The molecule has 1 aliphatic rings. The highest BCUT2D eigenvalue weighted by Gasteiger charge is 2.42. The quantitative estimate of drug-likeness (QED) is 0.0438. The van der Waals surface area contributed by atoms with Gasteiger partial charge in [0.1, 0.15) is 78.0 Å². The summed E-state index contributed by atoms with van der Waals surface area (Å²) in [6, 6.07) is 24.6. The third-order valence-electron chi connectivity index (χ3n) is 21.7. The van der Waals surface area contributed by atoms with Gasteiger partial charge in [0.05, 0.1) is 31.8 Å². The minimum atomic E-state index is -1.93. The summed E-state index contributed by atoms with van der Waals surface area (Å²) < 4.78 is 0. The standard InChI is InChI=1S/C92H115ClN16O19S/c1-10-11-30-74-91(127)107(7)50-78(114)98-70(46-80(116)117)87(123)105-81(54(4)5)88(124)102-69(44-59-26-18-20-28-64(59)93)86(122)103-71(42-58-33-37-62(111)38-34-58)89(125)106(6)49-77(113)97-68(45-60-47-95-65-29-21-19-27-63(60)65)85(121)101-67(40-57-31-35-61(110)36-32-57)84(120)100-66(39-53(2)3)83(119)104-73(82(118)96-48-76(94)112)51-129-52-79(115)99-72(41-55-22-14-12-15-23-55)90(126)109(9)75(92(128)108(74)8)43-56-24-16-13-17-25-56/h12-29,31-38,47,53-54,66-75,81,95,110-111H,10-11,30,39-46,48-52H2,1-9H3,(H2,94,112)(H,96,118)(H,97,113)(H,98,114)(H,99,115)(H,100,120)(H,101,121)(H,102,124)(H,103,122)(H,104,119)(H,105,123)(H,116,117)/t66-,67-,68-,69-,70-,71-,72-,73-,74-,75-,81-/m0/s1. The summed E-state index contributed by atoms with van der Waals surface area (Å²) in [6.45, 7) is 6.05. The number of nitrogens with two attached hydrogens (primary N) is 1. The van der Waals surface area contributed by atoms with Crippen molar-refractivity contribution in [3.05, 3.63) is 202 Å². The van der Waals surface area contributed by atoms with E-state index in [2.05, 4.69) is 58.2 Å². The molecule has 129 heavy (non-hydrogen) atoms. The lowest BCUT2D eigenvalue weighted by Crippen LogP contribution is -2.61. The van der Waals surface area contributed by atoms with E-state index < -0.39 is 205 Å². The number of carbonyl (C=O) groups is 16. The molecule has 7 aromatic rings. The highest BCUT2D eigenvalue weighted by Crippen LogP contribution is 2.25. The molecule has 0 bridgehead atoms. The van der Waals surface area contributed by atoms with E-state index >= 15 is 28.8 Å². The Morgan fingerprint density at radius 3 is 1.50 bits per heavy atom. The molecule has 0 spiro atoms. The monoisotopic (exact) mass is 1810 g/mol. The van der Waals surface area contributed by atoms with Gasteiger partial charge < -0.3 is 98.8 Å². The van der Waals surface area contributed by atoms with Crippen LogP contribution in [0.2, 0.25) is 5.02 Å². The fourth-order valence-electron chi connectivity index (χ4n) is 14.7. The number of carbonyl (C=O) groups excluding carboxylic acids is 15. The molecule has 0 aliphatic carbocycles. The van der Waals surface area contributed by atoms with Crippen LogP contribution in [0.25, 0.3) is 10.9 Å². The van der Waals surface area contributed by atoms with Gasteiger partial charge in [0.15, 0.2) is 0 Å². The zero-order chi connectivity index (χ0) is 94.3. The van der Waals surface area contributed by atoms with E-state index in [1.165, 1.54) is 96.6 Å². The first-order valence-electron chi connectivity index (χ1n) is 42.4. The van der Waals surface area contributed by atoms with Gasteiger partial charge in [-0.25, -0.2) is 0 Å². The molecular formula is C92H115ClN16O19S. The number of nitrogens with one attached hydrogen (secondary N) is 11. The maximum absolute atomic E-state index is 15.5. The van der Waals surface area contributed by atoms with Gasteiger partial charge in [0.2, 0.25) is 88.6 Å². The Labute approximate surface area is 757 Å². The second-order valence-electron chi connectivity index (χ2n) is 32.8. The first-order chi connectivity index (χ1) is 61.4. The fraction of sp³-hybridized carbons (Fsp3) is 0.413. The van der Waals surface area contributed by atoms with Gasteiger partial charge >= 0.3 is 5.97 Å². The number of phenolic OH excluding ortho intramolecular Hbond substituents is 2. The van der Waals surface area contributed by atoms with Crippen LogP contribution in [0.1, 0.15) is 100 Å². The molecule has 37 heteroatoms. The lowest BCUT2D eigenvalue weighted by atomic mass is 9.99. The van der Waals surface area contributed by atoms with Gasteiger partial charge in [-0.1, -0.05) is 180 Å². The summed E-state index contributed by atoms with van der Waals surface area (Å²) in [6.07, 6.45) is -0.167. The molecule has 1 aliphatic heterocycles. The highest BCUT2D eigenvalue weighted by molar-refractivity contribution is 8.00. The summed E-state index contributed by atoms with van der Waals surface area (Å²) in [5.41, 5.74) is 8.85. The number of aromatic hydroxyl groups is 2. The summed E-state index contributed by atoms with van der Waals surface area (Å²) in [7, 11) is 5.21. The molecule has 0 saturated carbocycles. The van der Waals surface area contributed by atoms with Crippen LogP contribution in [-0.4, -0.2) is 260 Å². The van der Waals surface area contributed by atoms with Gasteiger partial charge in [0.25, 0.3) is 0 Å². The Hall–Kier alpha value is -13.4. The number of hydrogen-bond acceptors (Lipinski definition) is 19. The molecule has 35 nitrogen and oxygen atoms in total. The van der Waals surface area contributed by atoms with Crippen molar-refractivity contribution in [2.45, 2.75) is 172 Å². The second kappa shape index (κ2) is 49.1. The number of likely N-dealkylation sites (N-methyl/N-ethyl adjacent to an activating group) is 4. The Bertz CT molecular complexity index is 5110. The molecule has 15 amide bonds. The van der Waals surface area contributed by atoms with Crippen molar-refractivity contribution < 1.29 is 92.0 Å². The zero-order valence-corrected chi connectivity index (χ0v) is 75.0. The molecule has 0 unspecified atom stereocenters. The molecule has 690 valence electrons. The van der Waals surface area contributed by atoms with Crippen molar-refractivity contribution in [2.75, 3.05) is 59.3 Å². The predicted molar refractivity (Wildman–Crippen MR) is 482 cm³/mol. The normalized spacial score (nSPS) is 21.8. The van der Waals surface area contributed by atoms with Crippen molar-refractivity contribution in [2.24, 2.45) is 17.6 Å². The average molecular weight is 1820 g/mol. The highest BCUT2D eigenvalue weighted by atomic mass is 35.5. The zero-order valence-electron chi connectivity index (χ0n) is 73.4. The molecule has 11 atom stereocenters.